The molecule has 1 heterocycles. The van der Waals surface area contributed by atoms with Crippen molar-refractivity contribution in [3.63, 3.8) is 0 Å². The van der Waals surface area contributed by atoms with Crippen LogP contribution >= 0.6 is 24.8 Å². The van der Waals surface area contributed by atoms with Crippen LogP contribution in [0.1, 0.15) is 38.7 Å². The molecule has 6 heteroatoms. The molecule has 2 fully saturated rings. The summed E-state index contributed by atoms with van der Waals surface area (Å²) in [6, 6.07) is 11.0. The number of carbonyl (C=O) groups excluding carboxylic acids is 1. The van der Waals surface area contributed by atoms with E-state index in [9.17, 15) is 4.79 Å². The lowest BCUT2D eigenvalue weighted by Gasteiger charge is -2.46. The zero-order valence-corrected chi connectivity index (χ0v) is 19.1. The van der Waals surface area contributed by atoms with Crippen molar-refractivity contribution in [2.45, 2.75) is 45.7 Å². The first kappa shape index (κ1) is 25.2. The molecule has 2 unspecified atom stereocenters. The van der Waals surface area contributed by atoms with Crippen LogP contribution in [0.5, 0.6) is 0 Å². The molecular formula is C22H37Cl2N3O. The molecule has 0 radical (unpaired) electrons. The Balaban J connectivity index is 0.00000196. The average Bonchev–Trinajstić information content (AvgIpc) is 3.10. The summed E-state index contributed by atoms with van der Waals surface area (Å²) < 4.78 is 0. The molecule has 28 heavy (non-hydrogen) atoms. The van der Waals surface area contributed by atoms with Crippen LogP contribution in [0.15, 0.2) is 30.3 Å². The molecule has 1 amide bonds. The van der Waals surface area contributed by atoms with Crippen molar-refractivity contribution in [1.82, 2.24) is 9.80 Å². The van der Waals surface area contributed by atoms with E-state index in [0.29, 0.717) is 36.2 Å². The zero-order valence-electron chi connectivity index (χ0n) is 17.4. The monoisotopic (exact) mass is 429 g/mol. The van der Waals surface area contributed by atoms with Gasteiger partial charge in [-0.3, -0.25) is 9.69 Å². The maximum Gasteiger partial charge on any atom is 0.226 e. The highest BCUT2D eigenvalue weighted by Gasteiger charge is 2.40. The number of likely N-dealkylation sites (tertiary alicyclic amines) is 1. The Morgan fingerprint density at radius 1 is 1.11 bits per heavy atom. The van der Waals surface area contributed by atoms with E-state index in [2.05, 4.69) is 54.0 Å². The Labute approximate surface area is 183 Å². The normalized spacial score (nSPS) is 30.2. The molecule has 160 valence electrons. The first-order valence-electron chi connectivity index (χ1n) is 10.2. The van der Waals surface area contributed by atoms with E-state index < -0.39 is 0 Å². The third-order valence-electron chi connectivity index (χ3n) is 6.58. The molecule has 4 nitrogen and oxygen atoms in total. The van der Waals surface area contributed by atoms with E-state index in [1.54, 1.807) is 0 Å². The second kappa shape index (κ2) is 11.4. The summed E-state index contributed by atoms with van der Waals surface area (Å²) >= 11 is 0. The van der Waals surface area contributed by atoms with Crippen molar-refractivity contribution in [2.75, 3.05) is 26.7 Å². The molecular weight excluding hydrogens is 393 g/mol. The first-order valence-corrected chi connectivity index (χ1v) is 10.2. The summed E-state index contributed by atoms with van der Waals surface area (Å²) in [5.41, 5.74) is 7.28. The van der Waals surface area contributed by atoms with Gasteiger partial charge in [-0.05, 0) is 42.7 Å². The van der Waals surface area contributed by atoms with Crippen LogP contribution in [-0.2, 0) is 11.3 Å². The highest BCUT2D eigenvalue weighted by atomic mass is 35.5. The predicted octanol–water partition coefficient (Wildman–Crippen LogP) is 3.82. The quantitative estimate of drug-likeness (QED) is 0.773. The fraction of sp³-hybridized carbons (Fsp3) is 0.682. The van der Waals surface area contributed by atoms with Crippen molar-refractivity contribution < 1.29 is 4.79 Å². The summed E-state index contributed by atoms with van der Waals surface area (Å²) in [4.78, 5) is 17.8. The number of nitrogens with two attached hydrogens (primary N) is 1. The van der Waals surface area contributed by atoms with E-state index in [4.69, 9.17) is 5.73 Å². The predicted molar refractivity (Wildman–Crippen MR) is 121 cm³/mol. The average molecular weight is 430 g/mol. The lowest BCUT2D eigenvalue weighted by Crippen LogP contribution is -2.56. The lowest BCUT2D eigenvalue weighted by molar-refractivity contribution is -0.141. The molecule has 3 rings (SSSR count). The molecule has 0 bridgehead atoms. The minimum absolute atomic E-state index is 0. The van der Waals surface area contributed by atoms with E-state index >= 15 is 0 Å². The van der Waals surface area contributed by atoms with E-state index in [1.165, 1.54) is 5.56 Å². The fourth-order valence-corrected chi connectivity index (χ4v) is 5.45. The number of amides is 1. The van der Waals surface area contributed by atoms with Crippen molar-refractivity contribution in [3.05, 3.63) is 35.9 Å². The van der Waals surface area contributed by atoms with Gasteiger partial charge in [0, 0.05) is 38.6 Å². The molecule has 1 aliphatic carbocycles. The summed E-state index contributed by atoms with van der Waals surface area (Å²) in [5.74, 6) is 1.82. The van der Waals surface area contributed by atoms with Crippen LogP contribution in [0.4, 0.5) is 0 Å². The summed E-state index contributed by atoms with van der Waals surface area (Å²) in [6.45, 7) is 8.34. The van der Waals surface area contributed by atoms with Gasteiger partial charge in [0.1, 0.15) is 0 Å². The van der Waals surface area contributed by atoms with Crippen molar-refractivity contribution in [3.8, 4) is 0 Å². The van der Waals surface area contributed by atoms with Crippen LogP contribution in [0, 0.1) is 23.7 Å². The molecule has 2 aliphatic rings. The molecule has 2 N–H and O–H groups in total. The Morgan fingerprint density at radius 3 is 2.29 bits per heavy atom. The summed E-state index contributed by atoms with van der Waals surface area (Å²) in [6.07, 6.45) is 3.27. The van der Waals surface area contributed by atoms with Gasteiger partial charge in [0.05, 0.1) is 0 Å². The number of benzene rings is 1. The van der Waals surface area contributed by atoms with Crippen LogP contribution in [-0.4, -0.2) is 48.4 Å². The molecule has 1 aromatic carbocycles. The van der Waals surface area contributed by atoms with Crippen LogP contribution in [0.3, 0.4) is 0 Å². The highest BCUT2D eigenvalue weighted by Crippen LogP contribution is 2.35. The topological polar surface area (TPSA) is 49.6 Å². The fourth-order valence-electron chi connectivity index (χ4n) is 5.45. The van der Waals surface area contributed by atoms with Gasteiger partial charge in [-0.15, -0.1) is 24.8 Å². The van der Waals surface area contributed by atoms with Gasteiger partial charge in [0.2, 0.25) is 5.91 Å². The van der Waals surface area contributed by atoms with Crippen molar-refractivity contribution >= 4 is 30.7 Å². The van der Waals surface area contributed by atoms with Gasteiger partial charge in [-0.25, -0.2) is 0 Å². The molecule has 0 spiro atoms. The SMILES string of the molecule is CC1CN(Cc2ccccc2)CC(C)C1N(C)C(=O)[C@@H]1CCC[C@@H]1CN.Cl.Cl. The molecule has 1 saturated heterocycles. The van der Waals surface area contributed by atoms with Crippen molar-refractivity contribution in [1.29, 1.82) is 0 Å². The highest BCUT2D eigenvalue weighted by molar-refractivity contribution is 5.85. The number of hydrogen-bond acceptors (Lipinski definition) is 3. The summed E-state index contributed by atoms with van der Waals surface area (Å²) in [7, 11) is 2.03. The molecule has 1 saturated carbocycles. The second-order valence-electron chi connectivity index (χ2n) is 8.61. The first-order chi connectivity index (χ1) is 12.5. The van der Waals surface area contributed by atoms with Crippen LogP contribution in [0.2, 0.25) is 0 Å². The van der Waals surface area contributed by atoms with E-state index in [1.807, 2.05) is 7.05 Å². The number of hydrogen-bond donors (Lipinski definition) is 1. The lowest BCUT2D eigenvalue weighted by atomic mass is 9.83. The minimum Gasteiger partial charge on any atom is -0.342 e. The van der Waals surface area contributed by atoms with Crippen LogP contribution < -0.4 is 5.73 Å². The molecule has 0 aromatic heterocycles. The van der Waals surface area contributed by atoms with Crippen LogP contribution in [0.25, 0.3) is 0 Å². The smallest absolute Gasteiger partial charge is 0.226 e. The Hall–Kier alpha value is -0.810. The molecule has 1 aromatic rings. The Morgan fingerprint density at radius 2 is 1.71 bits per heavy atom. The Bertz CT molecular complexity index is 589. The minimum atomic E-state index is 0. The number of carbonyl (C=O) groups is 1. The second-order valence-corrected chi connectivity index (χ2v) is 8.61. The van der Waals surface area contributed by atoms with Gasteiger partial charge in [0.25, 0.3) is 0 Å². The molecule has 4 atom stereocenters. The van der Waals surface area contributed by atoms with Gasteiger partial charge in [0.15, 0.2) is 0 Å². The van der Waals surface area contributed by atoms with Gasteiger partial charge < -0.3 is 10.6 Å². The largest absolute Gasteiger partial charge is 0.342 e. The third kappa shape index (κ3) is 5.63. The maximum absolute atomic E-state index is 13.1. The number of nitrogens with zero attached hydrogens (tertiary/aromatic N) is 2. The van der Waals surface area contributed by atoms with Gasteiger partial charge in [-0.1, -0.05) is 50.6 Å². The summed E-state index contributed by atoms with van der Waals surface area (Å²) in [5, 5.41) is 0. The van der Waals surface area contributed by atoms with E-state index in [-0.39, 0.29) is 30.7 Å². The van der Waals surface area contributed by atoms with E-state index in [0.717, 1.165) is 38.9 Å². The van der Waals surface area contributed by atoms with Gasteiger partial charge >= 0.3 is 0 Å². The zero-order chi connectivity index (χ0) is 18.7. The van der Waals surface area contributed by atoms with Gasteiger partial charge in [-0.2, -0.15) is 0 Å². The Kier molecular flexibility index (Phi) is 10.3. The third-order valence-corrected chi connectivity index (χ3v) is 6.58. The number of piperidine rings is 1. The standard InChI is InChI=1S/C22H35N3O.2ClH/c1-16-13-25(15-18-8-5-4-6-9-18)14-17(2)21(16)24(3)22(26)20-11-7-10-19(20)12-23;;/h4-6,8-9,16-17,19-21H,7,10-15,23H2,1-3H3;2*1H/t16?,17?,19-,20-,21?;;/m1../s1. The number of halogens is 2. The van der Waals surface area contributed by atoms with Crippen molar-refractivity contribution in [2.24, 2.45) is 29.4 Å². The molecule has 1 aliphatic heterocycles. The maximum atomic E-state index is 13.1. The number of rotatable bonds is 5.